The maximum absolute atomic E-state index is 12.1. The van der Waals surface area contributed by atoms with Crippen LogP contribution in [-0.2, 0) is 16.0 Å². The minimum absolute atomic E-state index is 0.108. The van der Waals surface area contributed by atoms with Crippen LogP contribution in [0.1, 0.15) is 5.56 Å². The molecule has 6 nitrogen and oxygen atoms in total. The first-order chi connectivity index (χ1) is 8.74. The molecule has 104 valence electrons. The van der Waals surface area contributed by atoms with Gasteiger partial charge in [0, 0.05) is 11.8 Å². The molecule has 10 heteroatoms. The lowest BCUT2D eigenvalue weighted by Gasteiger charge is -2.11. The third-order valence-electron chi connectivity index (χ3n) is 1.86. The Hall–Kier alpha value is -1.84. The summed E-state index contributed by atoms with van der Waals surface area (Å²) < 4.78 is 36.4. The average Bonchev–Trinajstić information content (AvgIpc) is 2.29. The first-order valence-electron chi connectivity index (χ1n) is 4.74. The van der Waals surface area contributed by atoms with E-state index in [2.05, 4.69) is 9.97 Å². The lowest BCUT2D eigenvalue weighted by molar-refractivity contribution is -0.167. The highest BCUT2D eigenvalue weighted by molar-refractivity contribution is 7.98. The van der Waals surface area contributed by atoms with Crippen molar-refractivity contribution in [2.75, 3.05) is 11.6 Å². The number of amides is 1. The highest BCUT2D eigenvalue weighted by Gasteiger charge is 2.39. The lowest BCUT2D eigenvalue weighted by Crippen LogP contribution is -2.31. The number of anilines is 1. The van der Waals surface area contributed by atoms with Gasteiger partial charge >= 0.3 is 18.1 Å². The number of alkyl halides is 3. The van der Waals surface area contributed by atoms with Gasteiger partial charge in [0.2, 0.25) is 0 Å². The SMILES string of the molecule is CSc1ncc(CC(=O)O)c(NC(=O)C(F)(F)F)n1. The monoisotopic (exact) mass is 295 g/mol. The fourth-order valence-electron chi connectivity index (χ4n) is 1.07. The van der Waals surface area contributed by atoms with E-state index in [1.807, 2.05) is 0 Å². The number of hydrogen-bond donors (Lipinski definition) is 2. The van der Waals surface area contributed by atoms with E-state index < -0.39 is 30.3 Å². The molecule has 19 heavy (non-hydrogen) atoms. The third kappa shape index (κ3) is 4.39. The highest BCUT2D eigenvalue weighted by atomic mass is 32.2. The molecule has 0 fully saturated rings. The third-order valence-corrected chi connectivity index (χ3v) is 2.42. The van der Waals surface area contributed by atoms with Gasteiger partial charge in [0.15, 0.2) is 5.16 Å². The summed E-state index contributed by atoms with van der Waals surface area (Å²) in [5.41, 5.74) is -0.108. The van der Waals surface area contributed by atoms with E-state index in [9.17, 15) is 22.8 Å². The molecule has 1 aromatic heterocycles. The molecule has 0 aromatic carbocycles. The number of thioether (sulfide) groups is 1. The molecule has 1 rings (SSSR count). The number of halogens is 3. The highest BCUT2D eigenvalue weighted by Crippen LogP contribution is 2.21. The molecule has 0 saturated heterocycles. The van der Waals surface area contributed by atoms with Crippen molar-refractivity contribution in [3.63, 3.8) is 0 Å². The Morgan fingerprint density at radius 2 is 2.11 bits per heavy atom. The average molecular weight is 295 g/mol. The number of carboxylic acid groups (broad SMARTS) is 1. The predicted octanol–water partition coefficient (Wildman–Crippen LogP) is 1.33. The molecule has 0 saturated carbocycles. The summed E-state index contributed by atoms with van der Waals surface area (Å²) >= 11 is 1.04. The predicted molar refractivity (Wildman–Crippen MR) is 59.8 cm³/mol. The summed E-state index contributed by atoms with van der Waals surface area (Å²) in [5, 5.41) is 10.3. The van der Waals surface area contributed by atoms with Gasteiger partial charge in [-0.05, 0) is 6.26 Å². The van der Waals surface area contributed by atoms with E-state index >= 15 is 0 Å². The van der Waals surface area contributed by atoms with Crippen LogP contribution >= 0.6 is 11.8 Å². The lowest BCUT2D eigenvalue weighted by atomic mass is 10.2. The molecule has 0 aliphatic heterocycles. The van der Waals surface area contributed by atoms with Crippen molar-refractivity contribution >= 4 is 29.5 Å². The van der Waals surface area contributed by atoms with Gasteiger partial charge in [0.05, 0.1) is 6.42 Å². The number of rotatable bonds is 4. The van der Waals surface area contributed by atoms with Gasteiger partial charge in [-0.2, -0.15) is 13.2 Å². The Morgan fingerprint density at radius 3 is 2.58 bits per heavy atom. The van der Waals surface area contributed by atoms with Crippen LogP contribution in [0, 0.1) is 0 Å². The second kappa shape index (κ2) is 5.87. The summed E-state index contributed by atoms with van der Waals surface area (Å²) in [6.07, 6.45) is -3.02. The second-order valence-corrected chi connectivity index (χ2v) is 4.03. The summed E-state index contributed by atoms with van der Waals surface area (Å²) in [6.45, 7) is 0. The molecule has 0 bridgehead atoms. The number of carbonyl (C=O) groups is 2. The number of aliphatic carboxylic acids is 1. The van der Waals surface area contributed by atoms with Gasteiger partial charge in [-0.1, -0.05) is 11.8 Å². The van der Waals surface area contributed by atoms with Crippen LogP contribution in [0.15, 0.2) is 11.4 Å². The van der Waals surface area contributed by atoms with Gasteiger partial charge in [0.1, 0.15) is 5.82 Å². The minimum atomic E-state index is -5.08. The number of aromatic nitrogens is 2. The van der Waals surface area contributed by atoms with E-state index in [0.29, 0.717) is 0 Å². The molecule has 0 aliphatic rings. The molecule has 0 spiro atoms. The normalized spacial score (nSPS) is 11.2. The van der Waals surface area contributed by atoms with E-state index in [-0.39, 0.29) is 10.7 Å². The molecule has 1 heterocycles. The molecule has 1 aromatic rings. The summed E-state index contributed by atoms with van der Waals surface area (Å²) in [7, 11) is 0. The molecular weight excluding hydrogens is 287 g/mol. The zero-order valence-corrected chi connectivity index (χ0v) is 10.3. The van der Waals surface area contributed by atoms with E-state index in [4.69, 9.17) is 5.11 Å². The molecule has 0 radical (unpaired) electrons. The van der Waals surface area contributed by atoms with Gasteiger partial charge < -0.3 is 10.4 Å². The number of nitrogens with zero attached hydrogens (tertiary/aromatic N) is 2. The number of nitrogens with one attached hydrogen (secondary N) is 1. The number of hydrogen-bond acceptors (Lipinski definition) is 5. The number of carboxylic acids is 1. The van der Waals surface area contributed by atoms with Gasteiger partial charge in [-0.15, -0.1) is 0 Å². The Bertz CT molecular complexity index is 507. The maximum atomic E-state index is 12.1. The van der Waals surface area contributed by atoms with Crippen LogP contribution in [0.5, 0.6) is 0 Å². The van der Waals surface area contributed by atoms with Crippen LogP contribution in [-0.4, -0.2) is 39.4 Å². The van der Waals surface area contributed by atoms with Crippen molar-refractivity contribution in [2.45, 2.75) is 17.8 Å². The first kappa shape index (κ1) is 15.2. The van der Waals surface area contributed by atoms with E-state index in [0.717, 1.165) is 18.0 Å². The Balaban J connectivity index is 3.07. The first-order valence-corrected chi connectivity index (χ1v) is 5.96. The standard InChI is InChI=1S/C9H8F3N3O3S/c1-19-8-13-3-4(2-5(16)17)6(15-8)14-7(18)9(10,11)12/h3H,2H2,1H3,(H,16,17)(H,13,14,15,18). The Morgan fingerprint density at radius 1 is 1.47 bits per heavy atom. The summed E-state index contributed by atoms with van der Waals surface area (Å²) in [5.74, 6) is -3.95. The summed E-state index contributed by atoms with van der Waals surface area (Å²) in [4.78, 5) is 28.8. The smallest absolute Gasteiger partial charge is 0.471 e. The van der Waals surface area contributed by atoms with Crippen molar-refractivity contribution in [1.82, 2.24) is 9.97 Å². The van der Waals surface area contributed by atoms with Crippen molar-refractivity contribution in [3.05, 3.63) is 11.8 Å². The van der Waals surface area contributed by atoms with E-state index in [1.165, 1.54) is 5.32 Å². The van der Waals surface area contributed by atoms with Crippen molar-refractivity contribution in [2.24, 2.45) is 0 Å². The quantitative estimate of drug-likeness (QED) is 0.643. The zero-order valence-electron chi connectivity index (χ0n) is 9.48. The molecule has 1 amide bonds. The Kier molecular flexibility index (Phi) is 4.70. The minimum Gasteiger partial charge on any atom is -0.481 e. The van der Waals surface area contributed by atoms with Crippen molar-refractivity contribution < 1.29 is 27.9 Å². The van der Waals surface area contributed by atoms with Gasteiger partial charge in [0.25, 0.3) is 0 Å². The van der Waals surface area contributed by atoms with Crippen molar-refractivity contribution in [3.8, 4) is 0 Å². The van der Waals surface area contributed by atoms with E-state index in [1.54, 1.807) is 6.26 Å². The van der Waals surface area contributed by atoms with Crippen LogP contribution in [0.2, 0.25) is 0 Å². The zero-order chi connectivity index (χ0) is 14.6. The van der Waals surface area contributed by atoms with Gasteiger partial charge in [-0.3, -0.25) is 9.59 Å². The second-order valence-electron chi connectivity index (χ2n) is 3.25. The fourth-order valence-corrected chi connectivity index (χ4v) is 1.41. The molecule has 0 aliphatic carbocycles. The Labute approximate surface area is 109 Å². The molecular formula is C9H8F3N3O3S. The topological polar surface area (TPSA) is 92.2 Å². The largest absolute Gasteiger partial charge is 0.481 e. The van der Waals surface area contributed by atoms with Crippen LogP contribution in [0.4, 0.5) is 19.0 Å². The fraction of sp³-hybridized carbons (Fsp3) is 0.333. The van der Waals surface area contributed by atoms with Crippen LogP contribution in [0.3, 0.4) is 0 Å². The van der Waals surface area contributed by atoms with Crippen molar-refractivity contribution in [1.29, 1.82) is 0 Å². The molecule has 0 atom stereocenters. The van der Waals surface area contributed by atoms with Crippen LogP contribution < -0.4 is 5.32 Å². The molecule has 2 N–H and O–H groups in total. The van der Waals surface area contributed by atoms with Crippen LogP contribution in [0.25, 0.3) is 0 Å². The number of carbonyl (C=O) groups excluding carboxylic acids is 1. The summed E-state index contributed by atoms with van der Waals surface area (Å²) in [6, 6.07) is 0. The molecule has 0 unspecified atom stereocenters. The maximum Gasteiger partial charge on any atom is 0.471 e. The van der Waals surface area contributed by atoms with Gasteiger partial charge in [-0.25, -0.2) is 9.97 Å².